The lowest BCUT2D eigenvalue weighted by molar-refractivity contribution is 0.254. The van der Waals surface area contributed by atoms with Crippen molar-refractivity contribution in [1.82, 2.24) is 4.98 Å². The molecular formula is C14H16N2. The maximum absolute atomic E-state index is 6.34. The standard InChI is InChI=1S/C14H16N2/c1-10-13-4-3-12(14(15)6-2-7-14)9-11(13)5-8-16-10/h3-5,8-9H,2,6-7,15H2,1H3. The molecule has 3 rings (SSSR count). The quantitative estimate of drug-likeness (QED) is 0.789. The zero-order valence-corrected chi connectivity index (χ0v) is 9.53. The van der Waals surface area contributed by atoms with E-state index in [4.69, 9.17) is 5.73 Å². The van der Waals surface area contributed by atoms with Crippen LogP contribution < -0.4 is 5.73 Å². The van der Waals surface area contributed by atoms with Crippen LogP contribution in [0.25, 0.3) is 10.8 Å². The highest BCUT2D eigenvalue weighted by Gasteiger charge is 2.34. The number of aromatic nitrogens is 1. The molecule has 0 unspecified atom stereocenters. The van der Waals surface area contributed by atoms with E-state index < -0.39 is 0 Å². The van der Waals surface area contributed by atoms with Crippen molar-refractivity contribution in [2.45, 2.75) is 31.7 Å². The minimum Gasteiger partial charge on any atom is -0.321 e. The maximum Gasteiger partial charge on any atom is 0.0450 e. The van der Waals surface area contributed by atoms with E-state index >= 15 is 0 Å². The average molecular weight is 212 g/mol. The molecule has 1 aromatic heterocycles. The van der Waals surface area contributed by atoms with Gasteiger partial charge in [0.15, 0.2) is 0 Å². The molecule has 1 heterocycles. The minimum atomic E-state index is -0.0641. The number of aryl methyl sites for hydroxylation is 1. The molecule has 82 valence electrons. The highest BCUT2D eigenvalue weighted by molar-refractivity contribution is 5.85. The van der Waals surface area contributed by atoms with Crippen molar-refractivity contribution in [2.24, 2.45) is 5.73 Å². The Morgan fingerprint density at radius 1 is 1.25 bits per heavy atom. The molecule has 1 aliphatic carbocycles. The molecule has 0 atom stereocenters. The number of hydrogen-bond donors (Lipinski definition) is 1. The zero-order chi connectivity index (χ0) is 11.2. The van der Waals surface area contributed by atoms with Crippen LogP contribution in [-0.2, 0) is 5.54 Å². The topological polar surface area (TPSA) is 38.9 Å². The average Bonchev–Trinajstić information content (AvgIpc) is 2.26. The van der Waals surface area contributed by atoms with Crippen LogP contribution in [0.15, 0.2) is 30.5 Å². The van der Waals surface area contributed by atoms with Gasteiger partial charge in [0, 0.05) is 22.8 Å². The van der Waals surface area contributed by atoms with Gasteiger partial charge in [-0.2, -0.15) is 0 Å². The van der Waals surface area contributed by atoms with Gasteiger partial charge < -0.3 is 5.73 Å². The van der Waals surface area contributed by atoms with Crippen molar-refractivity contribution < 1.29 is 0 Å². The van der Waals surface area contributed by atoms with Crippen LogP contribution in [0.1, 0.15) is 30.5 Å². The Morgan fingerprint density at radius 3 is 2.75 bits per heavy atom. The van der Waals surface area contributed by atoms with Gasteiger partial charge in [-0.1, -0.05) is 12.1 Å². The second-order valence-electron chi connectivity index (χ2n) is 4.84. The predicted molar refractivity (Wildman–Crippen MR) is 66.2 cm³/mol. The first-order valence-corrected chi connectivity index (χ1v) is 5.84. The molecule has 1 aromatic carbocycles. The Balaban J connectivity index is 2.16. The van der Waals surface area contributed by atoms with Gasteiger partial charge >= 0.3 is 0 Å². The fraction of sp³-hybridized carbons (Fsp3) is 0.357. The van der Waals surface area contributed by atoms with Crippen LogP contribution in [-0.4, -0.2) is 4.98 Å². The molecule has 2 nitrogen and oxygen atoms in total. The van der Waals surface area contributed by atoms with Crippen LogP contribution in [0.4, 0.5) is 0 Å². The summed E-state index contributed by atoms with van der Waals surface area (Å²) in [5.74, 6) is 0. The number of rotatable bonds is 1. The third-order valence-corrected chi connectivity index (χ3v) is 3.78. The van der Waals surface area contributed by atoms with Gasteiger partial charge in [-0.05, 0) is 49.3 Å². The molecule has 0 radical (unpaired) electrons. The third kappa shape index (κ3) is 1.34. The fourth-order valence-electron chi connectivity index (χ4n) is 2.49. The molecule has 0 spiro atoms. The lowest BCUT2D eigenvalue weighted by Gasteiger charge is -2.38. The van der Waals surface area contributed by atoms with Gasteiger partial charge in [0.2, 0.25) is 0 Å². The van der Waals surface area contributed by atoms with Crippen molar-refractivity contribution >= 4 is 10.8 Å². The predicted octanol–water partition coefficient (Wildman–Crippen LogP) is 2.88. The second kappa shape index (κ2) is 3.29. The van der Waals surface area contributed by atoms with Crippen LogP contribution >= 0.6 is 0 Å². The van der Waals surface area contributed by atoms with E-state index in [0.29, 0.717) is 0 Å². The SMILES string of the molecule is Cc1nccc2cc(C3(N)CCC3)ccc12. The highest BCUT2D eigenvalue weighted by Crippen LogP contribution is 2.39. The van der Waals surface area contributed by atoms with E-state index in [1.807, 2.05) is 13.1 Å². The molecule has 1 saturated carbocycles. The van der Waals surface area contributed by atoms with Crippen molar-refractivity contribution in [3.8, 4) is 0 Å². The van der Waals surface area contributed by atoms with E-state index in [9.17, 15) is 0 Å². The smallest absolute Gasteiger partial charge is 0.0450 e. The summed E-state index contributed by atoms with van der Waals surface area (Å²) in [7, 11) is 0. The number of benzene rings is 1. The number of nitrogens with two attached hydrogens (primary N) is 1. The minimum absolute atomic E-state index is 0.0641. The fourth-order valence-corrected chi connectivity index (χ4v) is 2.49. The Labute approximate surface area is 95.5 Å². The Morgan fingerprint density at radius 2 is 2.06 bits per heavy atom. The van der Waals surface area contributed by atoms with E-state index in [1.165, 1.54) is 22.8 Å². The first kappa shape index (κ1) is 9.79. The largest absolute Gasteiger partial charge is 0.321 e. The van der Waals surface area contributed by atoms with Crippen LogP contribution in [0, 0.1) is 6.92 Å². The molecule has 0 saturated heterocycles. The molecule has 16 heavy (non-hydrogen) atoms. The monoisotopic (exact) mass is 212 g/mol. The molecule has 2 N–H and O–H groups in total. The van der Waals surface area contributed by atoms with Crippen LogP contribution in [0.5, 0.6) is 0 Å². The summed E-state index contributed by atoms with van der Waals surface area (Å²) in [5, 5.41) is 2.48. The van der Waals surface area contributed by atoms with Crippen molar-refractivity contribution in [3.63, 3.8) is 0 Å². The number of hydrogen-bond acceptors (Lipinski definition) is 2. The summed E-state index contributed by atoms with van der Waals surface area (Å²) in [6.07, 6.45) is 5.35. The van der Waals surface area contributed by atoms with E-state index in [-0.39, 0.29) is 5.54 Å². The van der Waals surface area contributed by atoms with Gasteiger partial charge in [-0.25, -0.2) is 0 Å². The highest BCUT2D eigenvalue weighted by atomic mass is 14.8. The van der Waals surface area contributed by atoms with Crippen LogP contribution in [0.2, 0.25) is 0 Å². The summed E-state index contributed by atoms with van der Waals surface area (Å²) >= 11 is 0. The molecular weight excluding hydrogens is 196 g/mol. The van der Waals surface area contributed by atoms with Gasteiger partial charge in [0.25, 0.3) is 0 Å². The Hall–Kier alpha value is -1.41. The second-order valence-corrected chi connectivity index (χ2v) is 4.84. The van der Waals surface area contributed by atoms with Crippen molar-refractivity contribution in [1.29, 1.82) is 0 Å². The number of pyridine rings is 1. The molecule has 0 amide bonds. The summed E-state index contributed by atoms with van der Waals surface area (Å²) in [4.78, 5) is 4.30. The molecule has 1 fully saturated rings. The maximum atomic E-state index is 6.34. The zero-order valence-electron chi connectivity index (χ0n) is 9.53. The van der Waals surface area contributed by atoms with Crippen LogP contribution in [0.3, 0.4) is 0 Å². The van der Waals surface area contributed by atoms with Gasteiger partial charge in [-0.3, -0.25) is 4.98 Å². The summed E-state index contributed by atoms with van der Waals surface area (Å²) in [6, 6.07) is 8.60. The lowest BCUT2D eigenvalue weighted by atomic mass is 9.72. The van der Waals surface area contributed by atoms with E-state index in [1.54, 1.807) is 0 Å². The van der Waals surface area contributed by atoms with Gasteiger partial charge in [0.05, 0.1) is 0 Å². The molecule has 2 aromatic rings. The van der Waals surface area contributed by atoms with Crippen molar-refractivity contribution in [2.75, 3.05) is 0 Å². The molecule has 1 aliphatic rings. The lowest BCUT2D eigenvalue weighted by Crippen LogP contribution is -2.43. The molecule has 0 aliphatic heterocycles. The first-order chi connectivity index (χ1) is 7.69. The summed E-state index contributed by atoms with van der Waals surface area (Å²) in [5.41, 5.74) is 8.64. The van der Waals surface area contributed by atoms with Gasteiger partial charge in [-0.15, -0.1) is 0 Å². The van der Waals surface area contributed by atoms with E-state index in [0.717, 1.165) is 18.5 Å². The first-order valence-electron chi connectivity index (χ1n) is 5.84. The third-order valence-electron chi connectivity index (χ3n) is 3.78. The normalized spacial score (nSPS) is 18.4. The number of nitrogens with zero attached hydrogens (tertiary/aromatic N) is 1. The molecule has 2 heteroatoms. The summed E-state index contributed by atoms with van der Waals surface area (Å²) < 4.78 is 0. The molecule has 0 bridgehead atoms. The Bertz CT molecular complexity index is 541. The number of fused-ring (bicyclic) bond motifs is 1. The van der Waals surface area contributed by atoms with Crippen molar-refractivity contribution in [3.05, 3.63) is 41.7 Å². The summed E-state index contributed by atoms with van der Waals surface area (Å²) in [6.45, 7) is 2.05. The van der Waals surface area contributed by atoms with Gasteiger partial charge in [0.1, 0.15) is 0 Å². The Kier molecular flexibility index (Phi) is 2.01. The van der Waals surface area contributed by atoms with E-state index in [2.05, 4.69) is 29.2 Å².